The average Bonchev–Trinajstić information content (AvgIpc) is 3.12. The van der Waals surface area contributed by atoms with E-state index in [-0.39, 0.29) is 5.56 Å². The molecule has 0 radical (unpaired) electrons. The lowest BCUT2D eigenvalue weighted by Crippen LogP contribution is -2.16. The Morgan fingerprint density at radius 3 is 2.40 bits per heavy atom. The van der Waals surface area contributed by atoms with Crippen molar-refractivity contribution in [2.75, 3.05) is 14.1 Å². The van der Waals surface area contributed by atoms with E-state index in [9.17, 15) is 4.79 Å². The summed E-state index contributed by atoms with van der Waals surface area (Å²) in [6.07, 6.45) is 0. The molecule has 3 nitrogen and oxygen atoms in total. The van der Waals surface area contributed by atoms with Gasteiger partial charge in [-0.2, -0.15) is 0 Å². The van der Waals surface area contributed by atoms with E-state index in [0.29, 0.717) is 6.04 Å². The number of rotatable bonds is 3. The summed E-state index contributed by atoms with van der Waals surface area (Å²) in [5, 5.41) is 4.10. The lowest BCUT2D eigenvalue weighted by atomic mass is 9.99. The molecule has 4 heteroatoms. The molecule has 2 aromatic carbocycles. The molecular weight excluding hydrogens is 328 g/mol. The van der Waals surface area contributed by atoms with Crippen molar-refractivity contribution in [2.24, 2.45) is 0 Å². The fourth-order valence-corrected chi connectivity index (χ4v) is 3.99. The summed E-state index contributed by atoms with van der Waals surface area (Å²) >= 11 is 1.49. The first-order valence-electron chi connectivity index (χ1n) is 8.34. The summed E-state index contributed by atoms with van der Waals surface area (Å²) in [6, 6.07) is 17.4. The largest absolute Gasteiger partial charge is 0.321 e. The number of nitrogens with zero attached hydrogens (tertiary/aromatic N) is 1. The van der Waals surface area contributed by atoms with Gasteiger partial charge in [-0.25, -0.2) is 0 Å². The highest BCUT2D eigenvalue weighted by atomic mass is 32.1. The van der Waals surface area contributed by atoms with Gasteiger partial charge in [0.15, 0.2) is 0 Å². The van der Waals surface area contributed by atoms with E-state index >= 15 is 0 Å². The van der Waals surface area contributed by atoms with Gasteiger partial charge in [-0.1, -0.05) is 30.3 Å². The maximum Gasteiger partial charge on any atom is 0.266 e. The molecule has 1 N–H and O–H groups in total. The third kappa shape index (κ3) is 2.77. The summed E-state index contributed by atoms with van der Waals surface area (Å²) in [4.78, 5) is 17.3. The van der Waals surface area contributed by atoms with Crippen LogP contribution in [-0.2, 0) is 0 Å². The average molecular weight is 348 g/mol. The van der Waals surface area contributed by atoms with Gasteiger partial charge in [0.05, 0.1) is 0 Å². The molecule has 2 aromatic heterocycles. The van der Waals surface area contributed by atoms with Crippen molar-refractivity contribution in [2.45, 2.75) is 13.0 Å². The van der Waals surface area contributed by atoms with Crippen molar-refractivity contribution in [3.8, 4) is 11.1 Å². The maximum absolute atomic E-state index is 12.1. The number of thiophene rings is 1. The number of aromatic amines is 1. The van der Waals surface area contributed by atoms with Crippen LogP contribution >= 0.6 is 11.3 Å². The van der Waals surface area contributed by atoms with Crippen LogP contribution in [0, 0.1) is 0 Å². The predicted molar refractivity (Wildman–Crippen MR) is 107 cm³/mol. The van der Waals surface area contributed by atoms with Crippen LogP contribution in [0.2, 0.25) is 0 Å². The second-order valence-corrected chi connectivity index (χ2v) is 7.56. The molecule has 0 saturated heterocycles. The zero-order valence-corrected chi connectivity index (χ0v) is 15.4. The zero-order chi connectivity index (χ0) is 17.6. The van der Waals surface area contributed by atoms with Crippen molar-refractivity contribution in [3.63, 3.8) is 0 Å². The highest BCUT2D eigenvalue weighted by molar-refractivity contribution is 7.17. The normalized spacial score (nSPS) is 13.0. The number of hydrogen-bond acceptors (Lipinski definition) is 3. The molecular formula is C21H20N2OS. The molecule has 0 spiro atoms. The summed E-state index contributed by atoms with van der Waals surface area (Å²) in [5.74, 6) is 0. The van der Waals surface area contributed by atoms with Gasteiger partial charge in [-0.15, -0.1) is 11.3 Å². The van der Waals surface area contributed by atoms with Crippen LogP contribution in [0.4, 0.5) is 0 Å². The van der Waals surface area contributed by atoms with E-state index < -0.39 is 0 Å². The van der Waals surface area contributed by atoms with Gasteiger partial charge in [0.2, 0.25) is 0 Å². The smallest absolute Gasteiger partial charge is 0.266 e. The molecule has 1 atom stereocenters. The van der Waals surface area contributed by atoms with Gasteiger partial charge in [0, 0.05) is 22.3 Å². The number of H-pyrrole nitrogens is 1. The van der Waals surface area contributed by atoms with E-state index in [1.807, 2.05) is 17.5 Å². The Morgan fingerprint density at radius 2 is 1.68 bits per heavy atom. The molecule has 0 saturated carbocycles. The molecule has 25 heavy (non-hydrogen) atoms. The van der Waals surface area contributed by atoms with Crippen LogP contribution in [0.5, 0.6) is 0 Å². The molecule has 0 fully saturated rings. The molecule has 0 bridgehead atoms. The minimum Gasteiger partial charge on any atom is -0.321 e. The first-order valence-corrected chi connectivity index (χ1v) is 9.22. The molecule has 2 heterocycles. The Hall–Kier alpha value is -2.43. The number of pyridine rings is 1. The lowest BCUT2D eigenvalue weighted by Gasteiger charge is -2.20. The highest BCUT2D eigenvalue weighted by Crippen LogP contribution is 2.30. The monoisotopic (exact) mass is 348 g/mol. The third-order valence-corrected chi connectivity index (χ3v) is 5.84. The Bertz CT molecular complexity index is 1110. The van der Waals surface area contributed by atoms with Crippen LogP contribution in [0.15, 0.2) is 58.7 Å². The van der Waals surface area contributed by atoms with Crippen LogP contribution < -0.4 is 5.56 Å². The Labute approximate surface area is 150 Å². The molecule has 0 aliphatic heterocycles. The van der Waals surface area contributed by atoms with E-state index in [2.05, 4.69) is 67.3 Å². The van der Waals surface area contributed by atoms with E-state index in [1.165, 1.54) is 22.5 Å². The molecule has 0 aliphatic rings. The van der Waals surface area contributed by atoms with Crippen LogP contribution in [0.25, 0.3) is 32.1 Å². The molecule has 4 rings (SSSR count). The minimum absolute atomic E-state index is 0.00715. The second-order valence-electron chi connectivity index (χ2n) is 6.64. The third-order valence-electron chi connectivity index (χ3n) is 4.93. The summed E-state index contributed by atoms with van der Waals surface area (Å²) in [7, 11) is 4.18. The number of aromatic nitrogens is 1. The Kier molecular flexibility index (Phi) is 3.94. The molecule has 126 valence electrons. The van der Waals surface area contributed by atoms with Gasteiger partial charge in [-0.3, -0.25) is 4.79 Å². The predicted octanol–water partition coefficient (Wildman–Crippen LogP) is 5.03. The number of fused-ring (bicyclic) bond motifs is 3. The summed E-state index contributed by atoms with van der Waals surface area (Å²) < 4.78 is 0.791. The highest BCUT2D eigenvalue weighted by Gasteiger charge is 2.10. The van der Waals surface area contributed by atoms with Crippen LogP contribution in [0.1, 0.15) is 18.5 Å². The molecule has 0 amide bonds. The van der Waals surface area contributed by atoms with Crippen molar-refractivity contribution >= 4 is 32.3 Å². The van der Waals surface area contributed by atoms with Crippen molar-refractivity contribution < 1.29 is 0 Å². The zero-order valence-electron chi connectivity index (χ0n) is 14.5. The minimum atomic E-state index is -0.00715. The molecule has 0 aliphatic carbocycles. The first-order chi connectivity index (χ1) is 12.0. The van der Waals surface area contributed by atoms with Gasteiger partial charge < -0.3 is 9.88 Å². The Morgan fingerprint density at radius 1 is 0.960 bits per heavy atom. The summed E-state index contributed by atoms with van der Waals surface area (Å²) in [5.41, 5.74) is 4.53. The van der Waals surface area contributed by atoms with Gasteiger partial charge in [0.1, 0.15) is 4.70 Å². The number of nitrogens with one attached hydrogen (secondary N) is 1. The fraction of sp³-hybridized carbons (Fsp3) is 0.190. The standard InChI is InChI=1S/C21H20N2OS/c1-13(23(2)3)14-4-6-15(7-5-14)16-8-9-19-18(12-16)17-10-11-25-20(17)21(24)22-19/h4-13H,1-3H3,(H,22,24)/t13-/m1/s1. The summed E-state index contributed by atoms with van der Waals surface area (Å²) in [6.45, 7) is 2.20. The fourth-order valence-electron chi connectivity index (χ4n) is 3.18. The molecule has 4 aromatic rings. The van der Waals surface area contributed by atoms with Gasteiger partial charge in [-0.05, 0) is 61.3 Å². The topological polar surface area (TPSA) is 36.1 Å². The first kappa shape index (κ1) is 16.1. The Balaban J connectivity index is 1.82. The quantitative estimate of drug-likeness (QED) is 0.563. The van der Waals surface area contributed by atoms with Crippen molar-refractivity contribution in [1.82, 2.24) is 9.88 Å². The van der Waals surface area contributed by atoms with Gasteiger partial charge >= 0.3 is 0 Å². The van der Waals surface area contributed by atoms with Crippen molar-refractivity contribution in [3.05, 3.63) is 69.8 Å². The van der Waals surface area contributed by atoms with Gasteiger partial charge in [0.25, 0.3) is 5.56 Å². The number of hydrogen-bond donors (Lipinski definition) is 1. The van der Waals surface area contributed by atoms with E-state index in [4.69, 9.17) is 0 Å². The van der Waals surface area contributed by atoms with E-state index in [0.717, 1.165) is 26.6 Å². The van der Waals surface area contributed by atoms with Crippen LogP contribution in [0.3, 0.4) is 0 Å². The number of benzene rings is 2. The SMILES string of the molecule is C[C@H](c1ccc(-c2ccc3[nH]c(=O)c4sccc4c3c2)cc1)N(C)C. The molecule has 0 unspecified atom stereocenters. The van der Waals surface area contributed by atoms with E-state index in [1.54, 1.807) is 0 Å². The van der Waals surface area contributed by atoms with Crippen molar-refractivity contribution in [1.29, 1.82) is 0 Å². The second kappa shape index (κ2) is 6.14. The maximum atomic E-state index is 12.1. The lowest BCUT2D eigenvalue weighted by molar-refractivity contribution is 0.321. The van der Waals surface area contributed by atoms with Crippen LogP contribution in [-0.4, -0.2) is 24.0 Å².